The van der Waals surface area contributed by atoms with Crippen molar-refractivity contribution in [2.24, 2.45) is 0 Å². The van der Waals surface area contributed by atoms with Gasteiger partial charge in [0, 0.05) is 25.7 Å². The van der Waals surface area contributed by atoms with E-state index in [0.29, 0.717) is 25.7 Å². The molecule has 0 amide bonds. The number of carbonyl (C=O) groups is 4. The molecule has 5 atom stereocenters. The molecule has 0 aromatic rings. The van der Waals surface area contributed by atoms with Crippen LogP contribution in [0.3, 0.4) is 0 Å². The Kier molecular flexibility index (Phi) is 76.4. The number of hydrogen-bond donors (Lipinski definition) is 3. The highest BCUT2D eigenvalue weighted by atomic mass is 31.2. The van der Waals surface area contributed by atoms with Gasteiger partial charge in [-0.3, -0.25) is 37.3 Å². The Morgan fingerprint density at radius 2 is 0.471 bits per heavy atom. The first kappa shape index (κ1) is 101. The Morgan fingerprint density at radius 3 is 0.740 bits per heavy atom. The van der Waals surface area contributed by atoms with E-state index in [9.17, 15) is 43.2 Å². The number of esters is 4. The number of unbranched alkanes of at least 4 members (excludes halogenated alkanes) is 51. The lowest BCUT2D eigenvalue weighted by Crippen LogP contribution is -2.30. The maximum absolute atomic E-state index is 13.1. The van der Waals surface area contributed by atoms with E-state index in [-0.39, 0.29) is 25.7 Å². The van der Waals surface area contributed by atoms with Gasteiger partial charge < -0.3 is 33.8 Å². The highest BCUT2D eigenvalue weighted by Gasteiger charge is 2.30. The molecule has 0 spiro atoms. The maximum atomic E-state index is 13.1. The minimum absolute atomic E-state index is 0.101. The molecule has 104 heavy (non-hydrogen) atoms. The Morgan fingerprint density at radius 1 is 0.269 bits per heavy atom. The van der Waals surface area contributed by atoms with Crippen molar-refractivity contribution >= 4 is 39.5 Å². The number of phosphoric ester groups is 2. The monoisotopic (exact) mass is 1520 g/mol. The van der Waals surface area contributed by atoms with Crippen molar-refractivity contribution in [3.8, 4) is 0 Å². The molecule has 0 rings (SSSR count). The van der Waals surface area contributed by atoms with Crippen LogP contribution in [0.4, 0.5) is 0 Å². The van der Waals surface area contributed by atoms with Gasteiger partial charge in [0.15, 0.2) is 12.2 Å². The van der Waals surface area contributed by atoms with Crippen LogP contribution in [0.25, 0.3) is 0 Å². The van der Waals surface area contributed by atoms with Crippen molar-refractivity contribution in [3.63, 3.8) is 0 Å². The van der Waals surface area contributed by atoms with Crippen molar-refractivity contribution in [1.29, 1.82) is 0 Å². The normalized spacial score (nSPS) is 14.0. The molecule has 0 saturated heterocycles. The van der Waals surface area contributed by atoms with Crippen molar-refractivity contribution in [3.05, 3.63) is 36.5 Å². The zero-order chi connectivity index (χ0) is 76.0. The number of aliphatic hydroxyl groups is 1. The largest absolute Gasteiger partial charge is 0.472 e. The number of rotatable bonds is 83. The van der Waals surface area contributed by atoms with Crippen LogP contribution < -0.4 is 0 Å². The summed E-state index contributed by atoms with van der Waals surface area (Å²) >= 11 is 0. The third kappa shape index (κ3) is 77.4. The molecule has 3 N–H and O–H groups in total. The number of phosphoric acid groups is 2. The summed E-state index contributed by atoms with van der Waals surface area (Å²) in [4.78, 5) is 73.2. The fourth-order valence-electron chi connectivity index (χ4n) is 12.5. The smallest absolute Gasteiger partial charge is 0.462 e. The van der Waals surface area contributed by atoms with Gasteiger partial charge in [0.1, 0.15) is 19.3 Å². The molecule has 0 fully saturated rings. The van der Waals surface area contributed by atoms with Crippen molar-refractivity contribution in [2.45, 2.75) is 444 Å². The molecule has 0 aromatic heterocycles. The molecule has 0 heterocycles. The summed E-state index contributed by atoms with van der Waals surface area (Å²) in [5.74, 6) is -2.13. The summed E-state index contributed by atoms with van der Waals surface area (Å²) in [5.41, 5.74) is 0. The summed E-state index contributed by atoms with van der Waals surface area (Å²) in [5, 5.41) is 10.7. The van der Waals surface area contributed by atoms with Gasteiger partial charge in [0.05, 0.1) is 26.4 Å². The zero-order valence-electron chi connectivity index (χ0n) is 67.2. The first-order valence-electron chi connectivity index (χ1n) is 43.2. The predicted octanol–water partition coefficient (Wildman–Crippen LogP) is 25.5. The van der Waals surface area contributed by atoms with Gasteiger partial charge in [-0.25, -0.2) is 9.13 Å². The molecule has 0 radical (unpaired) electrons. The third-order valence-corrected chi connectivity index (χ3v) is 21.0. The van der Waals surface area contributed by atoms with Crippen molar-refractivity contribution in [2.75, 3.05) is 39.6 Å². The number of carbonyl (C=O) groups excluding carboxylic acids is 4. The lowest BCUT2D eigenvalue weighted by molar-refractivity contribution is -0.161. The number of aliphatic hydroxyl groups excluding tert-OH is 1. The van der Waals surface area contributed by atoms with Gasteiger partial charge in [0.25, 0.3) is 0 Å². The molecular weight excluding hydrogens is 1350 g/mol. The minimum Gasteiger partial charge on any atom is -0.462 e. The summed E-state index contributed by atoms with van der Waals surface area (Å²) in [6.07, 6.45) is 76.7. The lowest BCUT2D eigenvalue weighted by Gasteiger charge is -2.21. The average Bonchev–Trinajstić information content (AvgIpc) is 0.918. The topological polar surface area (TPSA) is 237 Å². The van der Waals surface area contributed by atoms with E-state index in [1.165, 1.54) is 218 Å². The predicted molar refractivity (Wildman–Crippen MR) is 428 cm³/mol. The van der Waals surface area contributed by atoms with Crippen LogP contribution in [0.1, 0.15) is 426 Å². The summed E-state index contributed by atoms with van der Waals surface area (Å²) in [7, 11) is -9.94. The van der Waals surface area contributed by atoms with Crippen LogP contribution in [0.15, 0.2) is 36.5 Å². The van der Waals surface area contributed by atoms with Gasteiger partial charge in [-0.1, -0.05) is 372 Å². The van der Waals surface area contributed by atoms with Gasteiger partial charge >= 0.3 is 39.5 Å². The van der Waals surface area contributed by atoms with Crippen molar-refractivity contribution < 1.29 is 80.2 Å². The van der Waals surface area contributed by atoms with Crippen LogP contribution in [0.5, 0.6) is 0 Å². The molecule has 0 aromatic carbocycles. The Labute approximate surface area is 636 Å². The van der Waals surface area contributed by atoms with Crippen LogP contribution >= 0.6 is 15.6 Å². The molecule has 0 saturated carbocycles. The molecule has 0 aliphatic heterocycles. The number of ether oxygens (including phenoxy) is 4. The molecule has 0 bridgehead atoms. The molecule has 0 aliphatic rings. The fraction of sp³-hybridized carbons (Fsp3) is 0.882. The second kappa shape index (κ2) is 78.4. The fourth-order valence-corrected chi connectivity index (χ4v) is 14.1. The summed E-state index contributed by atoms with van der Waals surface area (Å²) in [6, 6.07) is 0. The quantitative estimate of drug-likeness (QED) is 0.0169. The van der Waals surface area contributed by atoms with Gasteiger partial charge in [0.2, 0.25) is 0 Å². The van der Waals surface area contributed by atoms with Gasteiger partial charge in [-0.2, -0.15) is 0 Å². The molecule has 19 heteroatoms. The third-order valence-electron chi connectivity index (χ3n) is 19.1. The summed E-state index contributed by atoms with van der Waals surface area (Å²) in [6.45, 7) is 4.98. The summed E-state index contributed by atoms with van der Waals surface area (Å²) < 4.78 is 68.8. The molecule has 17 nitrogen and oxygen atoms in total. The Hall–Kier alpha value is -2.72. The number of allylic oxidation sites excluding steroid dienone is 6. The van der Waals surface area contributed by atoms with Crippen molar-refractivity contribution in [1.82, 2.24) is 0 Å². The van der Waals surface area contributed by atoms with E-state index < -0.39 is 97.5 Å². The molecular formula is C85H160O17P2. The van der Waals surface area contributed by atoms with Gasteiger partial charge in [-0.15, -0.1) is 0 Å². The maximum Gasteiger partial charge on any atom is 0.472 e. The first-order chi connectivity index (χ1) is 50.7. The van der Waals surface area contributed by atoms with Crippen LogP contribution in [-0.2, 0) is 65.4 Å². The highest BCUT2D eigenvalue weighted by molar-refractivity contribution is 7.47. The van der Waals surface area contributed by atoms with Crippen LogP contribution in [0.2, 0.25) is 0 Å². The molecule has 5 unspecified atom stereocenters. The average molecular weight is 1520 g/mol. The van der Waals surface area contributed by atoms with E-state index in [2.05, 4.69) is 64.2 Å². The van der Waals surface area contributed by atoms with E-state index in [4.69, 9.17) is 37.0 Å². The van der Waals surface area contributed by atoms with Gasteiger partial charge in [-0.05, 0) is 64.2 Å². The Balaban J connectivity index is 5.30. The SMILES string of the molecule is CCCCC/C=C\C/C=C\C/C=C\CCCCCCCCC(=O)OCC(COP(=O)(O)OCC(O)COP(=O)(O)OCC(COC(=O)CCCCCCCCCCCCCCCCC)OC(=O)CCCCCCCCCCCCCCCCC)OC(=O)CCCCCCCCCCCCCCCCC. The second-order valence-electron chi connectivity index (χ2n) is 29.5. The van der Waals surface area contributed by atoms with E-state index in [0.717, 1.165) is 128 Å². The molecule has 612 valence electrons. The number of hydrogen-bond acceptors (Lipinski definition) is 15. The highest BCUT2D eigenvalue weighted by Crippen LogP contribution is 2.45. The molecule has 0 aliphatic carbocycles. The minimum atomic E-state index is -4.97. The Bertz CT molecular complexity index is 2110. The lowest BCUT2D eigenvalue weighted by atomic mass is 10.0. The standard InChI is InChI=1S/C85H160O17P2/c1-5-9-13-17-21-25-29-33-37-38-39-40-44-46-50-54-58-62-66-70-83(88)96-76-81(102-85(90)72-68-64-60-56-52-48-43-36-32-28-24-20-16-12-8-4)78-100-104(93,94)98-74-79(86)73-97-103(91,92)99-77-80(101-84(89)71-67-63-59-55-51-47-42-35-31-27-23-19-15-11-7-3)75-95-82(87)69-65-61-57-53-49-45-41-34-30-26-22-18-14-10-6-2/h21,25,33,37,39-40,79-81,86H,5-20,22-24,26-32,34-36,38,41-78H2,1-4H3,(H,91,92)(H,93,94)/b25-21-,37-33-,40-39-. The second-order valence-corrected chi connectivity index (χ2v) is 32.4. The van der Waals surface area contributed by atoms with Crippen LogP contribution in [-0.4, -0.2) is 96.7 Å². The van der Waals surface area contributed by atoms with E-state index in [1.807, 2.05) is 0 Å². The van der Waals surface area contributed by atoms with E-state index in [1.54, 1.807) is 0 Å². The first-order valence-corrected chi connectivity index (χ1v) is 46.2. The zero-order valence-corrected chi connectivity index (χ0v) is 69.0. The van der Waals surface area contributed by atoms with E-state index >= 15 is 0 Å². The van der Waals surface area contributed by atoms with Crippen LogP contribution in [0, 0.1) is 0 Å².